The maximum absolute atomic E-state index is 2.28. The van der Waals surface area contributed by atoms with Gasteiger partial charge in [-0.2, -0.15) is 0 Å². The summed E-state index contributed by atoms with van der Waals surface area (Å²) in [4.78, 5) is 2.25. The smallest absolute Gasteiger partial charge is 0.0107 e. The van der Waals surface area contributed by atoms with E-state index in [1.807, 2.05) is 0 Å². The molecule has 0 radical (unpaired) electrons. The van der Waals surface area contributed by atoms with Crippen LogP contribution in [0.2, 0.25) is 0 Å². The van der Waals surface area contributed by atoms with E-state index >= 15 is 0 Å². The third-order valence-electron chi connectivity index (χ3n) is 1.54. The standard InChI is InChI=1S/C4H8.C3H7N/c2*1-4-2-3-4/h4H,2-3H2,1H3;2-3H2,1H3. The highest BCUT2D eigenvalue weighted by Crippen LogP contribution is 2.26. The molecule has 2 rings (SSSR count). The Bertz CT molecular complexity index is 52.8. The first-order valence-corrected chi connectivity index (χ1v) is 3.47. The fraction of sp³-hybridized carbons (Fsp3) is 1.00. The molecule has 48 valence electrons. The first kappa shape index (κ1) is 6.09. The Morgan fingerprint density at radius 1 is 1.25 bits per heavy atom. The summed E-state index contributed by atoms with van der Waals surface area (Å²) in [5.41, 5.74) is 0. The summed E-state index contributed by atoms with van der Waals surface area (Å²) in [6.07, 6.45) is 2.97. The third-order valence-corrected chi connectivity index (χ3v) is 1.54. The number of hydrogen-bond donors (Lipinski definition) is 0. The van der Waals surface area contributed by atoms with Gasteiger partial charge in [0.05, 0.1) is 0 Å². The van der Waals surface area contributed by atoms with Gasteiger partial charge in [0, 0.05) is 13.1 Å². The molecule has 0 spiro atoms. The number of hydrogen-bond acceptors (Lipinski definition) is 1. The Hall–Kier alpha value is -0.0400. The molecule has 0 aromatic rings. The van der Waals surface area contributed by atoms with Gasteiger partial charge in [-0.25, -0.2) is 0 Å². The van der Waals surface area contributed by atoms with Gasteiger partial charge in [-0.05, 0) is 13.0 Å². The van der Waals surface area contributed by atoms with Crippen LogP contribution in [0.15, 0.2) is 0 Å². The summed E-state index contributed by atoms with van der Waals surface area (Å²) in [7, 11) is 2.11. The van der Waals surface area contributed by atoms with Crippen molar-refractivity contribution in [2.75, 3.05) is 20.1 Å². The summed E-state index contributed by atoms with van der Waals surface area (Å²) in [5, 5.41) is 0. The summed E-state index contributed by atoms with van der Waals surface area (Å²) in [5.74, 6) is 1.08. The van der Waals surface area contributed by atoms with E-state index in [4.69, 9.17) is 0 Å². The van der Waals surface area contributed by atoms with E-state index in [2.05, 4.69) is 18.9 Å². The van der Waals surface area contributed by atoms with Crippen LogP contribution in [0.1, 0.15) is 19.8 Å². The van der Waals surface area contributed by atoms with Crippen LogP contribution in [0, 0.1) is 5.92 Å². The van der Waals surface area contributed by atoms with E-state index in [0.29, 0.717) is 0 Å². The van der Waals surface area contributed by atoms with Crippen LogP contribution in [-0.4, -0.2) is 25.0 Å². The second kappa shape index (κ2) is 2.49. The molecule has 0 aromatic heterocycles. The van der Waals surface area contributed by atoms with Gasteiger partial charge in [-0.1, -0.05) is 19.8 Å². The maximum atomic E-state index is 2.28. The topological polar surface area (TPSA) is 3.01 Å². The van der Waals surface area contributed by atoms with Gasteiger partial charge in [0.25, 0.3) is 0 Å². The summed E-state index contributed by atoms with van der Waals surface area (Å²) < 4.78 is 0. The average molecular weight is 113 g/mol. The average Bonchev–Trinajstić information content (AvgIpc) is 2.47. The number of rotatable bonds is 0. The molecule has 0 unspecified atom stereocenters. The van der Waals surface area contributed by atoms with E-state index in [-0.39, 0.29) is 0 Å². The lowest BCUT2D eigenvalue weighted by atomic mass is 10.5. The summed E-state index contributed by atoms with van der Waals surface area (Å²) >= 11 is 0. The molecular formula is C7H15N. The van der Waals surface area contributed by atoms with E-state index in [0.717, 1.165) is 5.92 Å². The van der Waals surface area contributed by atoms with Crippen LogP contribution in [0.4, 0.5) is 0 Å². The summed E-state index contributed by atoms with van der Waals surface area (Å²) in [6.45, 7) is 4.92. The molecule has 0 aromatic carbocycles. The first-order chi connectivity index (χ1) is 3.79. The largest absolute Gasteiger partial charge is 0.304 e. The Morgan fingerprint density at radius 3 is 1.50 bits per heavy atom. The number of nitrogens with zero attached hydrogens (tertiary/aromatic N) is 1. The predicted molar refractivity (Wildman–Crippen MR) is 35.9 cm³/mol. The van der Waals surface area contributed by atoms with Crippen molar-refractivity contribution in [1.82, 2.24) is 4.90 Å². The highest BCUT2D eigenvalue weighted by molar-refractivity contribution is 4.65. The van der Waals surface area contributed by atoms with Crippen molar-refractivity contribution in [3.63, 3.8) is 0 Å². The Labute approximate surface area is 51.7 Å². The Kier molecular flexibility index (Phi) is 1.90. The van der Waals surface area contributed by atoms with Crippen molar-refractivity contribution in [2.45, 2.75) is 19.8 Å². The Morgan fingerprint density at radius 2 is 1.50 bits per heavy atom. The minimum atomic E-state index is 1.08. The zero-order valence-corrected chi connectivity index (χ0v) is 5.85. The van der Waals surface area contributed by atoms with Gasteiger partial charge in [-0.3, -0.25) is 0 Å². The van der Waals surface area contributed by atoms with Crippen molar-refractivity contribution < 1.29 is 0 Å². The third kappa shape index (κ3) is 4.13. The minimum Gasteiger partial charge on any atom is -0.304 e. The summed E-state index contributed by atoms with van der Waals surface area (Å²) in [6, 6.07) is 0. The van der Waals surface area contributed by atoms with Gasteiger partial charge in [-0.15, -0.1) is 0 Å². The highest BCUT2D eigenvalue weighted by atomic mass is 15.2. The van der Waals surface area contributed by atoms with Crippen molar-refractivity contribution >= 4 is 0 Å². The molecule has 1 saturated heterocycles. The molecule has 1 nitrogen and oxygen atoms in total. The monoisotopic (exact) mass is 113 g/mol. The van der Waals surface area contributed by atoms with E-state index in [1.54, 1.807) is 0 Å². The normalized spacial score (nSPS) is 26.2. The SMILES string of the molecule is CC1CC1.CN1CC1. The van der Waals surface area contributed by atoms with Crippen molar-refractivity contribution in [2.24, 2.45) is 5.92 Å². The second-order valence-corrected chi connectivity index (χ2v) is 2.99. The van der Waals surface area contributed by atoms with Crippen LogP contribution in [0.5, 0.6) is 0 Å². The molecule has 8 heavy (non-hydrogen) atoms. The van der Waals surface area contributed by atoms with Crippen LogP contribution in [-0.2, 0) is 0 Å². The van der Waals surface area contributed by atoms with Crippen molar-refractivity contribution in [3.05, 3.63) is 0 Å². The van der Waals surface area contributed by atoms with E-state index in [1.165, 1.54) is 25.9 Å². The number of likely N-dealkylation sites (N-methyl/N-ethyl adjacent to an activating group) is 1. The van der Waals surface area contributed by atoms with Gasteiger partial charge in [0.15, 0.2) is 0 Å². The zero-order valence-electron chi connectivity index (χ0n) is 5.85. The molecule has 2 aliphatic rings. The quantitative estimate of drug-likeness (QED) is 0.428. The molecule has 0 amide bonds. The molecule has 1 saturated carbocycles. The lowest BCUT2D eigenvalue weighted by Crippen LogP contribution is -1.75. The maximum Gasteiger partial charge on any atom is 0.0107 e. The zero-order chi connectivity index (χ0) is 5.98. The molecule has 0 N–H and O–H groups in total. The lowest BCUT2D eigenvalue weighted by molar-refractivity contribution is 0.698. The minimum absolute atomic E-state index is 1.08. The lowest BCUT2D eigenvalue weighted by Gasteiger charge is -1.66. The molecule has 0 atom stereocenters. The molecule has 1 aliphatic heterocycles. The van der Waals surface area contributed by atoms with Gasteiger partial charge in [0.2, 0.25) is 0 Å². The van der Waals surface area contributed by atoms with Crippen LogP contribution in [0.3, 0.4) is 0 Å². The van der Waals surface area contributed by atoms with Gasteiger partial charge >= 0.3 is 0 Å². The van der Waals surface area contributed by atoms with Gasteiger partial charge in [0.1, 0.15) is 0 Å². The van der Waals surface area contributed by atoms with Crippen molar-refractivity contribution in [3.8, 4) is 0 Å². The first-order valence-electron chi connectivity index (χ1n) is 3.47. The van der Waals surface area contributed by atoms with Crippen LogP contribution < -0.4 is 0 Å². The highest BCUT2D eigenvalue weighted by Gasteiger charge is 2.12. The molecule has 1 heteroatoms. The molecule has 0 bridgehead atoms. The van der Waals surface area contributed by atoms with E-state index in [9.17, 15) is 0 Å². The van der Waals surface area contributed by atoms with Gasteiger partial charge < -0.3 is 4.90 Å². The molecule has 2 fully saturated rings. The second-order valence-electron chi connectivity index (χ2n) is 2.99. The molecule has 1 aliphatic carbocycles. The van der Waals surface area contributed by atoms with Crippen molar-refractivity contribution in [1.29, 1.82) is 0 Å². The molecule has 1 heterocycles. The fourth-order valence-electron chi connectivity index (χ4n) is 0.267. The molecular weight excluding hydrogens is 98.1 g/mol. The predicted octanol–water partition coefficient (Wildman–Crippen LogP) is 1.35. The van der Waals surface area contributed by atoms with Crippen LogP contribution in [0.25, 0.3) is 0 Å². The fourth-order valence-corrected chi connectivity index (χ4v) is 0.267. The van der Waals surface area contributed by atoms with Crippen LogP contribution >= 0.6 is 0 Å². The Balaban J connectivity index is 0.0000000800. The van der Waals surface area contributed by atoms with E-state index < -0.39 is 0 Å².